The highest BCUT2D eigenvalue weighted by atomic mass is 16.5. The van der Waals surface area contributed by atoms with Crippen LogP contribution in [0.5, 0.6) is 5.75 Å². The molecule has 1 aromatic carbocycles. The second kappa shape index (κ2) is 7.67. The second-order valence-electron chi connectivity index (χ2n) is 5.95. The summed E-state index contributed by atoms with van der Waals surface area (Å²) in [6.45, 7) is 3.60. The molecule has 1 saturated heterocycles. The van der Waals surface area contributed by atoms with Crippen molar-refractivity contribution in [3.63, 3.8) is 0 Å². The third kappa shape index (κ3) is 4.07. The van der Waals surface area contributed by atoms with Crippen LogP contribution in [0.2, 0.25) is 0 Å². The van der Waals surface area contributed by atoms with Gasteiger partial charge in [0.2, 0.25) is 0 Å². The van der Waals surface area contributed by atoms with E-state index in [1.807, 2.05) is 12.1 Å². The second-order valence-corrected chi connectivity index (χ2v) is 5.95. The average Bonchev–Trinajstić information content (AvgIpc) is 3.17. The quantitative estimate of drug-likeness (QED) is 0.908. The average molecular weight is 336 g/mol. The Morgan fingerprint density at radius 3 is 2.68 bits per heavy atom. The zero-order valence-electron chi connectivity index (χ0n) is 14.1. The van der Waals surface area contributed by atoms with E-state index in [2.05, 4.69) is 15.2 Å². The summed E-state index contributed by atoms with van der Waals surface area (Å²) in [6, 6.07) is 12.4. The molecule has 0 unspecified atom stereocenters. The molecule has 1 aliphatic heterocycles. The minimum absolute atomic E-state index is 0.238. The van der Waals surface area contributed by atoms with Crippen LogP contribution in [0.15, 0.2) is 42.6 Å². The predicted octanol–water partition coefficient (Wildman–Crippen LogP) is 2.96. The summed E-state index contributed by atoms with van der Waals surface area (Å²) >= 11 is 0. The summed E-state index contributed by atoms with van der Waals surface area (Å²) < 4.78 is 5.66. The summed E-state index contributed by atoms with van der Waals surface area (Å²) in [4.78, 5) is 19.1. The van der Waals surface area contributed by atoms with Crippen LogP contribution in [0.25, 0.3) is 0 Å². The molecule has 2 heterocycles. The number of nitrogens with one attached hydrogen (secondary N) is 1. The molecule has 6 nitrogen and oxygen atoms in total. The van der Waals surface area contributed by atoms with E-state index < -0.39 is 6.10 Å². The third-order valence-electron chi connectivity index (χ3n) is 4.12. The number of carbonyl (C=O) groups excluding carboxylic acids is 1. The molecule has 1 aliphatic rings. The first-order valence-corrected chi connectivity index (χ1v) is 8.35. The van der Waals surface area contributed by atoms with Crippen molar-refractivity contribution in [1.82, 2.24) is 4.98 Å². The lowest BCUT2D eigenvalue weighted by atomic mass is 10.2. The lowest BCUT2D eigenvalue weighted by molar-refractivity contribution is -0.122. The van der Waals surface area contributed by atoms with Gasteiger partial charge in [0.25, 0.3) is 5.91 Å². The van der Waals surface area contributed by atoms with E-state index in [1.165, 1.54) is 0 Å². The highest BCUT2D eigenvalue weighted by Crippen LogP contribution is 2.26. The fourth-order valence-electron chi connectivity index (χ4n) is 2.78. The molecule has 0 spiro atoms. The molecule has 1 N–H and O–H groups in total. The molecule has 0 radical (unpaired) electrons. The topological polar surface area (TPSA) is 78.2 Å². The Morgan fingerprint density at radius 1 is 1.28 bits per heavy atom. The minimum Gasteiger partial charge on any atom is -0.481 e. The Morgan fingerprint density at radius 2 is 2.00 bits per heavy atom. The standard InChI is InChI=1S/C19H20N4O2/c1-14(25-16-8-6-15(13-20)7-9-16)19(24)22-17-5-4-10-21-18(17)23-11-2-3-12-23/h4-10,14H,2-3,11-12H2,1H3,(H,22,24)/t14-/m0/s1. The van der Waals surface area contributed by atoms with Crippen molar-refractivity contribution in [1.29, 1.82) is 5.26 Å². The van der Waals surface area contributed by atoms with Gasteiger partial charge in [0, 0.05) is 19.3 Å². The predicted molar refractivity (Wildman–Crippen MR) is 95.6 cm³/mol. The molecular formula is C19H20N4O2. The number of anilines is 2. The van der Waals surface area contributed by atoms with Gasteiger partial charge in [-0.2, -0.15) is 5.26 Å². The van der Waals surface area contributed by atoms with Crippen LogP contribution >= 0.6 is 0 Å². The van der Waals surface area contributed by atoms with Gasteiger partial charge >= 0.3 is 0 Å². The van der Waals surface area contributed by atoms with E-state index in [0.29, 0.717) is 17.0 Å². The molecule has 2 aromatic rings. The van der Waals surface area contributed by atoms with E-state index in [9.17, 15) is 4.79 Å². The van der Waals surface area contributed by atoms with Gasteiger partial charge in [-0.05, 0) is 56.2 Å². The molecule has 0 aliphatic carbocycles. The first-order chi connectivity index (χ1) is 12.2. The maximum Gasteiger partial charge on any atom is 0.265 e. The number of hydrogen-bond donors (Lipinski definition) is 1. The Balaban J connectivity index is 1.66. The van der Waals surface area contributed by atoms with Crippen LogP contribution in [0.4, 0.5) is 11.5 Å². The smallest absolute Gasteiger partial charge is 0.265 e. The Hall–Kier alpha value is -3.07. The van der Waals surface area contributed by atoms with Gasteiger partial charge < -0.3 is 15.0 Å². The first kappa shape index (κ1) is 16.8. The number of benzene rings is 1. The van der Waals surface area contributed by atoms with Crippen LogP contribution < -0.4 is 15.0 Å². The molecule has 1 atom stereocenters. The van der Waals surface area contributed by atoms with Crippen LogP contribution in [-0.4, -0.2) is 30.1 Å². The SMILES string of the molecule is C[C@H](Oc1ccc(C#N)cc1)C(=O)Nc1cccnc1N1CCCC1. The van der Waals surface area contributed by atoms with Gasteiger partial charge in [-0.1, -0.05) is 0 Å². The van der Waals surface area contributed by atoms with Crippen molar-refractivity contribution < 1.29 is 9.53 Å². The number of nitriles is 1. The zero-order chi connectivity index (χ0) is 17.6. The number of aromatic nitrogens is 1. The van der Waals surface area contributed by atoms with E-state index in [4.69, 9.17) is 10.00 Å². The van der Waals surface area contributed by atoms with Crippen molar-refractivity contribution in [3.05, 3.63) is 48.2 Å². The Bertz CT molecular complexity index is 777. The summed E-state index contributed by atoms with van der Waals surface area (Å²) in [6.07, 6.45) is 3.35. The molecule has 0 saturated carbocycles. The molecule has 6 heteroatoms. The molecular weight excluding hydrogens is 316 g/mol. The molecule has 1 fully saturated rings. The minimum atomic E-state index is -0.667. The van der Waals surface area contributed by atoms with Crippen molar-refractivity contribution in [2.45, 2.75) is 25.9 Å². The number of ether oxygens (including phenoxy) is 1. The van der Waals surface area contributed by atoms with Crippen LogP contribution in [0, 0.1) is 11.3 Å². The normalized spacial score (nSPS) is 14.6. The van der Waals surface area contributed by atoms with Crippen molar-refractivity contribution >= 4 is 17.4 Å². The van der Waals surface area contributed by atoms with Gasteiger partial charge in [0.05, 0.1) is 17.3 Å². The number of carbonyl (C=O) groups is 1. The van der Waals surface area contributed by atoms with E-state index in [0.717, 1.165) is 31.7 Å². The van der Waals surface area contributed by atoms with E-state index in [-0.39, 0.29) is 5.91 Å². The number of nitrogens with zero attached hydrogens (tertiary/aromatic N) is 3. The highest BCUT2D eigenvalue weighted by Gasteiger charge is 2.20. The summed E-state index contributed by atoms with van der Waals surface area (Å²) in [5.74, 6) is 1.12. The number of rotatable bonds is 5. The molecule has 25 heavy (non-hydrogen) atoms. The van der Waals surface area contributed by atoms with Gasteiger partial charge in [-0.3, -0.25) is 4.79 Å². The zero-order valence-corrected chi connectivity index (χ0v) is 14.1. The Kier molecular flexibility index (Phi) is 5.14. The first-order valence-electron chi connectivity index (χ1n) is 8.35. The molecule has 128 valence electrons. The van der Waals surface area contributed by atoms with E-state index in [1.54, 1.807) is 43.5 Å². The molecule has 1 aromatic heterocycles. The maximum absolute atomic E-state index is 12.5. The van der Waals surface area contributed by atoms with Gasteiger partial charge in [0.15, 0.2) is 11.9 Å². The van der Waals surface area contributed by atoms with Gasteiger partial charge in [-0.15, -0.1) is 0 Å². The summed E-state index contributed by atoms with van der Waals surface area (Å²) in [5.41, 5.74) is 1.25. The lowest BCUT2D eigenvalue weighted by Gasteiger charge is -2.21. The molecule has 1 amide bonds. The Labute approximate surface area is 147 Å². The number of hydrogen-bond acceptors (Lipinski definition) is 5. The fraction of sp³-hybridized carbons (Fsp3) is 0.316. The lowest BCUT2D eigenvalue weighted by Crippen LogP contribution is -2.31. The van der Waals surface area contributed by atoms with Gasteiger partial charge in [0.1, 0.15) is 5.75 Å². The molecule has 3 rings (SSSR count). The monoisotopic (exact) mass is 336 g/mol. The molecule has 0 bridgehead atoms. The largest absolute Gasteiger partial charge is 0.481 e. The third-order valence-corrected chi connectivity index (χ3v) is 4.12. The van der Waals surface area contributed by atoms with Crippen molar-refractivity contribution in [2.24, 2.45) is 0 Å². The van der Waals surface area contributed by atoms with E-state index >= 15 is 0 Å². The van der Waals surface area contributed by atoms with Crippen LogP contribution in [0.3, 0.4) is 0 Å². The summed E-state index contributed by atoms with van der Waals surface area (Å²) in [7, 11) is 0. The number of pyridine rings is 1. The van der Waals surface area contributed by atoms with Gasteiger partial charge in [-0.25, -0.2) is 4.98 Å². The maximum atomic E-state index is 12.5. The van der Waals surface area contributed by atoms with Crippen LogP contribution in [-0.2, 0) is 4.79 Å². The van der Waals surface area contributed by atoms with Crippen molar-refractivity contribution in [2.75, 3.05) is 23.3 Å². The summed E-state index contributed by atoms with van der Waals surface area (Å²) in [5, 5.41) is 11.7. The van der Waals surface area contributed by atoms with Crippen LogP contribution in [0.1, 0.15) is 25.3 Å². The number of amides is 1. The van der Waals surface area contributed by atoms with Crippen molar-refractivity contribution in [3.8, 4) is 11.8 Å². The highest BCUT2D eigenvalue weighted by molar-refractivity contribution is 5.96. The fourth-order valence-corrected chi connectivity index (χ4v) is 2.78.